The summed E-state index contributed by atoms with van der Waals surface area (Å²) >= 11 is 1.32. The molecule has 1 aromatic heterocycles. The number of nitrogens with one attached hydrogen (secondary N) is 2. The predicted octanol–water partition coefficient (Wildman–Crippen LogP) is 6.12. The SMILES string of the molecule is CCN(CC)c1ccc(C=NNC(=O)CSc2nnc(CNc3cccc4ccccc34)n2-c2ccccc2)cc1. The summed E-state index contributed by atoms with van der Waals surface area (Å²) < 4.78 is 1.98. The summed E-state index contributed by atoms with van der Waals surface area (Å²) in [5.41, 5.74) is 6.67. The average Bonchev–Trinajstić information content (AvgIpc) is 3.43. The van der Waals surface area contributed by atoms with Gasteiger partial charge in [-0.3, -0.25) is 9.36 Å². The molecule has 0 saturated heterocycles. The highest BCUT2D eigenvalue weighted by Gasteiger charge is 2.16. The molecule has 0 spiro atoms. The number of hydrazone groups is 1. The summed E-state index contributed by atoms with van der Waals surface area (Å²) in [6.07, 6.45) is 1.65. The van der Waals surface area contributed by atoms with Crippen molar-refractivity contribution in [2.24, 2.45) is 5.10 Å². The molecule has 208 valence electrons. The molecule has 9 heteroatoms. The van der Waals surface area contributed by atoms with Crippen molar-refractivity contribution in [3.05, 3.63) is 108 Å². The first kappa shape index (κ1) is 27.9. The zero-order valence-electron chi connectivity index (χ0n) is 23.2. The van der Waals surface area contributed by atoms with Gasteiger partial charge in [-0.15, -0.1) is 10.2 Å². The molecule has 0 bridgehead atoms. The molecular weight excluding hydrogens is 530 g/mol. The predicted molar refractivity (Wildman–Crippen MR) is 169 cm³/mol. The number of nitrogens with zero attached hydrogens (tertiary/aromatic N) is 5. The Balaban J connectivity index is 1.24. The van der Waals surface area contributed by atoms with Crippen molar-refractivity contribution in [3.8, 4) is 5.69 Å². The molecule has 41 heavy (non-hydrogen) atoms. The Bertz CT molecular complexity index is 1610. The van der Waals surface area contributed by atoms with Crippen molar-refractivity contribution in [3.63, 3.8) is 0 Å². The molecule has 0 aliphatic carbocycles. The lowest BCUT2D eigenvalue weighted by Crippen LogP contribution is -2.21. The lowest BCUT2D eigenvalue weighted by Gasteiger charge is -2.20. The number of aromatic nitrogens is 3. The van der Waals surface area contributed by atoms with Crippen molar-refractivity contribution in [1.82, 2.24) is 20.2 Å². The quantitative estimate of drug-likeness (QED) is 0.108. The first-order valence-corrected chi connectivity index (χ1v) is 14.7. The number of amides is 1. The molecule has 1 amide bonds. The second kappa shape index (κ2) is 13.6. The molecule has 0 saturated carbocycles. The van der Waals surface area contributed by atoms with Crippen LogP contribution in [0.15, 0.2) is 107 Å². The Labute approximate surface area is 244 Å². The summed E-state index contributed by atoms with van der Waals surface area (Å²) in [5, 5.41) is 19.5. The van der Waals surface area contributed by atoms with Crippen LogP contribution in [0.5, 0.6) is 0 Å². The van der Waals surface area contributed by atoms with Crippen molar-refractivity contribution in [2.75, 3.05) is 29.1 Å². The van der Waals surface area contributed by atoms with Gasteiger partial charge in [-0.1, -0.05) is 78.5 Å². The Morgan fingerprint density at radius 2 is 1.63 bits per heavy atom. The van der Waals surface area contributed by atoms with E-state index in [9.17, 15) is 4.79 Å². The largest absolute Gasteiger partial charge is 0.377 e. The maximum atomic E-state index is 12.6. The topological polar surface area (TPSA) is 87.4 Å². The number of hydrogen-bond acceptors (Lipinski definition) is 7. The molecule has 0 aliphatic rings. The summed E-state index contributed by atoms with van der Waals surface area (Å²) in [5.74, 6) is 0.683. The molecule has 0 radical (unpaired) electrons. The fourth-order valence-corrected chi connectivity index (χ4v) is 5.36. The second-order valence-electron chi connectivity index (χ2n) is 9.30. The smallest absolute Gasteiger partial charge is 0.250 e. The summed E-state index contributed by atoms with van der Waals surface area (Å²) in [6, 6.07) is 32.5. The standard InChI is InChI=1S/C32H33N7OS/c1-3-38(4-2)26-19-17-24(18-20-26)21-34-36-31(40)23-41-32-37-35-30(39(32)27-13-6-5-7-14-27)22-33-29-16-10-12-25-11-8-9-15-28(25)29/h5-21,33H,3-4,22-23H2,1-2H3,(H,36,40). The van der Waals surface area contributed by atoms with Gasteiger partial charge in [0.2, 0.25) is 0 Å². The zero-order chi connectivity index (χ0) is 28.4. The molecule has 0 aliphatic heterocycles. The van der Waals surface area contributed by atoms with Gasteiger partial charge in [-0.2, -0.15) is 5.10 Å². The van der Waals surface area contributed by atoms with Crippen LogP contribution < -0.4 is 15.6 Å². The highest BCUT2D eigenvalue weighted by atomic mass is 32.2. The number of benzene rings is 4. The number of carbonyl (C=O) groups is 1. The minimum Gasteiger partial charge on any atom is -0.377 e. The van der Waals surface area contributed by atoms with E-state index >= 15 is 0 Å². The fourth-order valence-electron chi connectivity index (χ4n) is 4.60. The van der Waals surface area contributed by atoms with Crippen molar-refractivity contribution in [1.29, 1.82) is 0 Å². The molecule has 2 N–H and O–H groups in total. The van der Waals surface area contributed by atoms with Gasteiger partial charge in [-0.05, 0) is 55.1 Å². The van der Waals surface area contributed by atoms with E-state index in [1.807, 2.05) is 65.2 Å². The number of rotatable bonds is 12. The number of anilines is 2. The van der Waals surface area contributed by atoms with Crippen LogP contribution in [0.2, 0.25) is 0 Å². The Kier molecular flexibility index (Phi) is 9.28. The molecular formula is C32H33N7OS. The number of hydrogen-bond donors (Lipinski definition) is 2. The third kappa shape index (κ3) is 6.93. The first-order chi connectivity index (χ1) is 20.2. The van der Waals surface area contributed by atoms with E-state index in [4.69, 9.17) is 0 Å². The molecule has 0 atom stereocenters. The minimum atomic E-state index is -0.218. The van der Waals surface area contributed by atoms with Gasteiger partial charge in [0.05, 0.1) is 18.5 Å². The Morgan fingerprint density at radius 3 is 2.41 bits per heavy atom. The fraction of sp³-hybridized carbons (Fsp3) is 0.188. The van der Waals surface area contributed by atoms with Crippen molar-refractivity contribution < 1.29 is 4.79 Å². The van der Waals surface area contributed by atoms with Crippen molar-refractivity contribution in [2.45, 2.75) is 25.5 Å². The summed E-state index contributed by atoms with van der Waals surface area (Å²) in [6.45, 7) is 6.66. The maximum Gasteiger partial charge on any atom is 0.250 e. The summed E-state index contributed by atoms with van der Waals surface area (Å²) in [7, 11) is 0. The van der Waals surface area contributed by atoms with Gasteiger partial charge in [-0.25, -0.2) is 5.43 Å². The maximum absolute atomic E-state index is 12.6. The van der Waals surface area contributed by atoms with E-state index in [-0.39, 0.29) is 11.7 Å². The van der Waals surface area contributed by atoms with Gasteiger partial charge in [0, 0.05) is 35.5 Å². The molecule has 1 heterocycles. The van der Waals surface area contributed by atoms with Gasteiger partial charge in [0.15, 0.2) is 11.0 Å². The average molecular weight is 564 g/mol. The van der Waals surface area contributed by atoms with Crippen LogP contribution in [-0.2, 0) is 11.3 Å². The lowest BCUT2D eigenvalue weighted by atomic mass is 10.1. The second-order valence-corrected chi connectivity index (χ2v) is 10.2. The van der Waals surface area contributed by atoms with Crippen LogP contribution in [0.3, 0.4) is 0 Å². The number of fused-ring (bicyclic) bond motifs is 1. The van der Waals surface area contributed by atoms with E-state index in [0.29, 0.717) is 11.7 Å². The van der Waals surface area contributed by atoms with E-state index in [2.05, 4.69) is 81.2 Å². The number of carbonyl (C=O) groups excluding carboxylic acids is 1. The number of thioether (sulfide) groups is 1. The molecule has 0 fully saturated rings. The Morgan fingerprint density at radius 1 is 0.902 bits per heavy atom. The monoisotopic (exact) mass is 563 g/mol. The first-order valence-electron chi connectivity index (χ1n) is 13.7. The third-order valence-corrected chi connectivity index (χ3v) is 7.63. The molecule has 5 aromatic rings. The van der Waals surface area contributed by atoms with E-state index < -0.39 is 0 Å². The van der Waals surface area contributed by atoms with Gasteiger partial charge >= 0.3 is 0 Å². The third-order valence-electron chi connectivity index (χ3n) is 6.70. The van der Waals surface area contributed by atoms with Crippen molar-refractivity contribution >= 4 is 46.0 Å². The minimum absolute atomic E-state index is 0.153. The highest BCUT2D eigenvalue weighted by molar-refractivity contribution is 7.99. The van der Waals surface area contributed by atoms with E-state index in [1.54, 1.807) is 6.21 Å². The number of para-hydroxylation sites is 1. The zero-order valence-corrected chi connectivity index (χ0v) is 24.0. The molecule has 4 aromatic carbocycles. The molecule has 8 nitrogen and oxygen atoms in total. The van der Waals surface area contributed by atoms with Gasteiger partial charge < -0.3 is 10.2 Å². The van der Waals surface area contributed by atoms with Crippen LogP contribution in [0.1, 0.15) is 25.2 Å². The molecule has 0 unspecified atom stereocenters. The van der Waals surface area contributed by atoms with E-state index in [1.165, 1.54) is 22.8 Å². The lowest BCUT2D eigenvalue weighted by molar-refractivity contribution is -0.118. The summed E-state index contributed by atoms with van der Waals surface area (Å²) in [4.78, 5) is 14.9. The van der Waals surface area contributed by atoms with Crippen LogP contribution in [0.25, 0.3) is 16.5 Å². The van der Waals surface area contributed by atoms with E-state index in [0.717, 1.165) is 41.2 Å². The molecule has 5 rings (SSSR count). The van der Waals surface area contributed by atoms with Gasteiger partial charge in [0.1, 0.15) is 0 Å². The van der Waals surface area contributed by atoms with Crippen LogP contribution in [0, 0.1) is 0 Å². The Hall–Kier alpha value is -4.63. The highest BCUT2D eigenvalue weighted by Crippen LogP contribution is 2.26. The van der Waals surface area contributed by atoms with Crippen LogP contribution >= 0.6 is 11.8 Å². The van der Waals surface area contributed by atoms with Crippen LogP contribution in [0.4, 0.5) is 11.4 Å². The van der Waals surface area contributed by atoms with Crippen LogP contribution in [-0.4, -0.2) is 45.7 Å². The van der Waals surface area contributed by atoms with Gasteiger partial charge in [0.25, 0.3) is 5.91 Å². The normalized spacial score (nSPS) is 11.2.